The van der Waals surface area contributed by atoms with Gasteiger partial charge in [-0.15, -0.1) is 0 Å². The van der Waals surface area contributed by atoms with Gasteiger partial charge in [0, 0.05) is 11.3 Å². The molecule has 1 saturated heterocycles. The van der Waals surface area contributed by atoms with Crippen LogP contribution in [0, 0.1) is 5.92 Å². The molecule has 3 atom stereocenters. The van der Waals surface area contributed by atoms with Crippen LogP contribution in [0.3, 0.4) is 0 Å². The van der Waals surface area contributed by atoms with Crippen molar-refractivity contribution in [3.05, 3.63) is 54.1 Å². The van der Waals surface area contributed by atoms with Gasteiger partial charge in [0.15, 0.2) is 10.8 Å². The van der Waals surface area contributed by atoms with Crippen LogP contribution in [-0.4, -0.2) is 23.9 Å². The molecule has 2 aromatic rings. The maximum absolute atomic E-state index is 13.1. The largest absolute Gasteiger partial charge is 0.497 e. The van der Waals surface area contributed by atoms with E-state index in [0.29, 0.717) is 16.6 Å². The van der Waals surface area contributed by atoms with Crippen molar-refractivity contribution in [3.8, 4) is 11.5 Å². The lowest BCUT2D eigenvalue weighted by Gasteiger charge is -2.50. The van der Waals surface area contributed by atoms with E-state index >= 15 is 0 Å². The van der Waals surface area contributed by atoms with Crippen LogP contribution in [0.1, 0.15) is 18.5 Å². The molecule has 0 unspecified atom stereocenters. The Bertz CT molecular complexity index is 874. The lowest BCUT2D eigenvalue weighted by molar-refractivity contribution is -0.132. The molecule has 1 fully saturated rings. The Labute approximate surface area is 156 Å². The predicted octanol–water partition coefficient (Wildman–Crippen LogP) is 2.58. The molecule has 7 heteroatoms. The first-order chi connectivity index (χ1) is 12.5. The fraction of sp³-hybridized carbons (Fsp3) is 0.263. The highest BCUT2D eigenvalue weighted by molar-refractivity contribution is 7.80. The maximum atomic E-state index is 13.1. The summed E-state index contributed by atoms with van der Waals surface area (Å²) in [6.07, 6.45) is 0. The van der Waals surface area contributed by atoms with Crippen molar-refractivity contribution in [2.75, 3.05) is 12.4 Å². The number of carbonyl (C=O) groups excluding carboxylic acids is 1. The number of amides is 1. The highest BCUT2D eigenvalue weighted by Gasteiger charge is 2.54. The van der Waals surface area contributed by atoms with E-state index in [-0.39, 0.29) is 11.9 Å². The quantitative estimate of drug-likeness (QED) is 0.723. The zero-order valence-electron chi connectivity index (χ0n) is 14.4. The van der Waals surface area contributed by atoms with Gasteiger partial charge in [-0.2, -0.15) is 0 Å². The van der Waals surface area contributed by atoms with Crippen LogP contribution in [0.5, 0.6) is 11.5 Å². The number of para-hydroxylation sites is 1. The van der Waals surface area contributed by atoms with Crippen LogP contribution >= 0.6 is 12.2 Å². The van der Waals surface area contributed by atoms with Crippen LogP contribution < -0.4 is 25.4 Å². The topological polar surface area (TPSA) is 71.6 Å². The van der Waals surface area contributed by atoms with Gasteiger partial charge in [-0.05, 0) is 49.5 Å². The summed E-state index contributed by atoms with van der Waals surface area (Å²) in [6.45, 7) is 1.84. The number of anilines is 1. The molecule has 3 N–H and O–H groups in total. The number of nitrogens with one attached hydrogen (secondary N) is 3. The second kappa shape index (κ2) is 6.17. The van der Waals surface area contributed by atoms with E-state index in [0.717, 1.165) is 11.3 Å². The van der Waals surface area contributed by atoms with Gasteiger partial charge in [-0.3, -0.25) is 4.79 Å². The molecule has 2 aliphatic heterocycles. The number of rotatable bonds is 3. The van der Waals surface area contributed by atoms with Gasteiger partial charge in [0.2, 0.25) is 5.91 Å². The van der Waals surface area contributed by atoms with Crippen molar-refractivity contribution in [2.24, 2.45) is 5.92 Å². The summed E-state index contributed by atoms with van der Waals surface area (Å²) in [5.41, 5.74) is 0.630. The summed E-state index contributed by atoms with van der Waals surface area (Å²) in [5.74, 6) is 0.711. The molecule has 2 heterocycles. The Morgan fingerprint density at radius 3 is 2.77 bits per heavy atom. The molecule has 6 nitrogen and oxygen atoms in total. The van der Waals surface area contributed by atoms with Crippen LogP contribution in [0.15, 0.2) is 48.5 Å². The predicted molar refractivity (Wildman–Crippen MR) is 102 cm³/mol. The standard InChI is InChI=1S/C19H19N3O3S/c1-19-15(17(23)20-11-6-4-3-5-7-11)16(21-18(26)22-19)13-10-12(24-2)8-9-14(13)25-19/h3-10,15-16H,1-2H3,(H,20,23)(H2,21,22,26)/t15-,16+,19+/m1/s1. The molecule has 134 valence electrons. The van der Waals surface area contributed by atoms with E-state index in [1.54, 1.807) is 7.11 Å². The van der Waals surface area contributed by atoms with Crippen LogP contribution in [0.25, 0.3) is 0 Å². The molecule has 2 aromatic carbocycles. The fourth-order valence-corrected chi connectivity index (χ4v) is 3.92. The number of carbonyl (C=O) groups is 1. The zero-order chi connectivity index (χ0) is 18.3. The number of fused-ring (bicyclic) bond motifs is 4. The molecule has 0 aliphatic carbocycles. The molecule has 0 saturated carbocycles. The second-order valence-electron chi connectivity index (χ2n) is 6.52. The molecule has 1 amide bonds. The van der Waals surface area contributed by atoms with Gasteiger partial charge in [-0.25, -0.2) is 0 Å². The lowest BCUT2D eigenvalue weighted by Crippen LogP contribution is -2.70. The minimum Gasteiger partial charge on any atom is -0.497 e. The number of ether oxygens (including phenoxy) is 2. The molecule has 2 bridgehead atoms. The smallest absolute Gasteiger partial charge is 0.236 e. The van der Waals surface area contributed by atoms with Crippen molar-refractivity contribution in [1.29, 1.82) is 0 Å². The third-order valence-electron chi connectivity index (χ3n) is 4.77. The summed E-state index contributed by atoms with van der Waals surface area (Å²) in [7, 11) is 1.61. The summed E-state index contributed by atoms with van der Waals surface area (Å²) in [6, 6.07) is 14.6. The molecule has 0 aromatic heterocycles. The normalized spacial score (nSPS) is 25.8. The molecular formula is C19H19N3O3S. The Hall–Kier alpha value is -2.80. The number of thiocarbonyl (C=S) groups is 1. The van der Waals surface area contributed by atoms with Crippen molar-refractivity contribution in [2.45, 2.75) is 18.7 Å². The summed E-state index contributed by atoms with van der Waals surface area (Å²) in [4.78, 5) is 13.1. The molecule has 4 rings (SSSR count). The third kappa shape index (κ3) is 2.74. The molecular weight excluding hydrogens is 350 g/mol. The lowest BCUT2D eigenvalue weighted by atomic mass is 9.80. The number of benzene rings is 2. The van der Waals surface area contributed by atoms with Gasteiger partial charge < -0.3 is 25.4 Å². The van der Waals surface area contributed by atoms with Crippen molar-refractivity contribution < 1.29 is 14.3 Å². The van der Waals surface area contributed by atoms with E-state index < -0.39 is 11.6 Å². The Morgan fingerprint density at radius 2 is 2.04 bits per heavy atom. The zero-order valence-corrected chi connectivity index (χ0v) is 15.2. The van der Waals surface area contributed by atoms with E-state index in [2.05, 4.69) is 16.0 Å². The first-order valence-corrected chi connectivity index (χ1v) is 8.72. The van der Waals surface area contributed by atoms with E-state index in [9.17, 15) is 4.79 Å². The Morgan fingerprint density at radius 1 is 1.27 bits per heavy atom. The van der Waals surface area contributed by atoms with Crippen molar-refractivity contribution >= 4 is 28.9 Å². The van der Waals surface area contributed by atoms with Gasteiger partial charge in [0.25, 0.3) is 0 Å². The van der Waals surface area contributed by atoms with E-state index in [4.69, 9.17) is 21.7 Å². The maximum Gasteiger partial charge on any atom is 0.236 e. The van der Waals surface area contributed by atoms with Crippen molar-refractivity contribution in [3.63, 3.8) is 0 Å². The third-order valence-corrected chi connectivity index (χ3v) is 4.99. The first-order valence-electron chi connectivity index (χ1n) is 8.32. The highest BCUT2D eigenvalue weighted by Crippen LogP contribution is 2.46. The van der Waals surface area contributed by atoms with Gasteiger partial charge in [-0.1, -0.05) is 18.2 Å². The van der Waals surface area contributed by atoms with Crippen LogP contribution in [0.4, 0.5) is 5.69 Å². The summed E-state index contributed by atoms with van der Waals surface area (Å²) >= 11 is 5.33. The number of hydrogen-bond acceptors (Lipinski definition) is 4. The molecule has 0 radical (unpaired) electrons. The highest BCUT2D eigenvalue weighted by atomic mass is 32.1. The fourth-order valence-electron chi connectivity index (χ4n) is 3.59. The average molecular weight is 369 g/mol. The minimum absolute atomic E-state index is 0.153. The summed E-state index contributed by atoms with van der Waals surface area (Å²) in [5, 5.41) is 9.76. The second-order valence-corrected chi connectivity index (χ2v) is 6.93. The first kappa shape index (κ1) is 16.7. The number of methoxy groups -OCH3 is 1. The van der Waals surface area contributed by atoms with Gasteiger partial charge in [0.1, 0.15) is 17.4 Å². The summed E-state index contributed by atoms with van der Waals surface area (Å²) < 4.78 is 11.5. The monoisotopic (exact) mass is 369 g/mol. The van der Waals surface area contributed by atoms with Gasteiger partial charge in [0.05, 0.1) is 13.2 Å². The van der Waals surface area contributed by atoms with Crippen LogP contribution in [-0.2, 0) is 4.79 Å². The van der Waals surface area contributed by atoms with Gasteiger partial charge >= 0.3 is 0 Å². The average Bonchev–Trinajstić information content (AvgIpc) is 2.61. The van der Waals surface area contributed by atoms with Crippen LogP contribution in [0.2, 0.25) is 0 Å². The SMILES string of the molecule is COc1ccc2c(c1)[C@@H]1NC(=S)N[C@@](C)(O2)[C@H]1C(=O)Nc1ccccc1. The Balaban J connectivity index is 1.74. The molecule has 2 aliphatic rings. The molecule has 26 heavy (non-hydrogen) atoms. The van der Waals surface area contributed by atoms with Crippen molar-refractivity contribution in [1.82, 2.24) is 10.6 Å². The number of hydrogen-bond donors (Lipinski definition) is 3. The molecule has 0 spiro atoms. The minimum atomic E-state index is -0.951. The Kier molecular flexibility index (Phi) is 3.96. The van der Waals surface area contributed by atoms with E-state index in [1.807, 2.05) is 55.5 Å². The van der Waals surface area contributed by atoms with E-state index in [1.165, 1.54) is 0 Å².